The molecule has 4 aliphatic rings. The Morgan fingerprint density at radius 2 is 1.92 bits per heavy atom. The van der Waals surface area contributed by atoms with Gasteiger partial charge >= 0.3 is 0 Å². The number of fused-ring (bicyclic) bond motifs is 2. The highest BCUT2D eigenvalue weighted by molar-refractivity contribution is 5.20. The van der Waals surface area contributed by atoms with Crippen molar-refractivity contribution in [1.82, 2.24) is 0 Å². The van der Waals surface area contributed by atoms with E-state index < -0.39 is 5.67 Å². The van der Waals surface area contributed by atoms with E-state index in [1.54, 1.807) is 0 Å². The van der Waals surface area contributed by atoms with E-state index in [-0.39, 0.29) is 0 Å². The standard InChI is InChI=1S/C11H15F/c12-10-3-7-1-8-2-9(5-10)11(8,4-7)6-10/h7-9H,1-6H2. The van der Waals surface area contributed by atoms with E-state index in [0.717, 1.165) is 37.0 Å². The van der Waals surface area contributed by atoms with Crippen molar-refractivity contribution >= 4 is 0 Å². The van der Waals surface area contributed by atoms with E-state index in [2.05, 4.69) is 0 Å². The second kappa shape index (κ2) is 1.49. The Morgan fingerprint density at radius 1 is 1.00 bits per heavy atom. The molecule has 0 aromatic rings. The van der Waals surface area contributed by atoms with Crippen LogP contribution in [0.4, 0.5) is 4.39 Å². The number of hydrogen-bond acceptors (Lipinski definition) is 0. The SMILES string of the molecule is FC12CC3CC4CC(C1)C4(C3)C2. The molecule has 12 heavy (non-hydrogen) atoms. The fourth-order valence-electron chi connectivity index (χ4n) is 5.25. The Balaban J connectivity index is 1.89. The van der Waals surface area contributed by atoms with Gasteiger partial charge in [0.2, 0.25) is 0 Å². The Morgan fingerprint density at radius 3 is 2.83 bits per heavy atom. The average Bonchev–Trinajstić information content (AvgIpc) is 2.26. The van der Waals surface area contributed by atoms with Crippen LogP contribution in [0.2, 0.25) is 0 Å². The van der Waals surface area contributed by atoms with E-state index in [1.807, 2.05) is 0 Å². The lowest BCUT2D eigenvalue weighted by atomic mass is 9.56. The summed E-state index contributed by atoms with van der Waals surface area (Å²) in [6, 6.07) is 0. The molecule has 5 atom stereocenters. The Kier molecular flexibility index (Phi) is 0.792. The smallest absolute Gasteiger partial charge is 0.112 e. The molecule has 4 saturated carbocycles. The lowest BCUT2D eigenvalue weighted by Gasteiger charge is -2.49. The molecule has 66 valence electrons. The van der Waals surface area contributed by atoms with Gasteiger partial charge in [-0.3, -0.25) is 0 Å². The molecule has 0 N–H and O–H groups in total. The zero-order chi connectivity index (χ0) is 7.97. The molecular formula is C11H15F. The van der Waals surface area contributed by atoms with Gasteiger partial charge in [0.25, 0.3) is 0 Å². The van der Waals surface area contributed by atoms with Crippen molar-refractivity contribution < 1.29 is 4.39 Å². The predicted octanol–water partition coefficient (Wildman–Crippen LogP) is 2.92. The first-order chi connectivity index (χ1) is 5.70. The summed E-state index contributed by atoms with van der Waals surface area (Å²) in [4.78, 5) is 0. The quantitative estimate of drug-likeness (QED) is 0.519. The van der Waals surface area contributed by atoms with Crippen LogP contribution in [-0.4, -0.2) is 5.67 Å². The fraction of sp³-hybridized carbons (Fsp3) is 1.00. The van der Waals surface area contributed by atoms with Gasteiger partial charge in [0.1, 0.15) is 5.67 Å². The van der Waals surface area contributed by atoms with E-state index in [9.17, 15) is 4.39 Å². The maximum absolute atomic E-state index is 14.2. The van der Waals surface area contributed by atoms with Crippen LogP contribution in [0.25, 0.3) is 0 Å². The number of halogens is 1. The molecule has 4 rings (SSSR count). The predicted molar refractivity (Wildman–Crippen MR) is 44.4 cm³/mol. The van der Waals surface area contributed by atoms with Crippen molar-refractivity contribution in [3.63, 3.8) is 0 Å². The van der Waals surface area contributed by atoms with Crippen LogP contribution in [0.1, 0.15) is 38.5 Å². The fourth-order valence-corrected chi connectivity index (χ4v) is 5.25. The zero-order valence-electron chi connectivity index (χ0n) is 7.35. The van der Waals surface area contributed by atoms with Gasteiger partial charge in [-0.05, 0) is 61.7 Å². The van der Waals surface area contributed by atoms with Gasteiger partial charge < -0.3 is 0 Å². The van der Waals surface area contributed by atoms with Crippen LogP contribution in [-0.2, 0) is 0 Å². The highest BCUT2D eigenvalue weighted by atomic mass is 19.1. The summed E-state index contributed by atoms with van der Waals surface area (Å²) in [5.41, 5.74) is -0.142. The molecule has 0 aliphatic heterocycles. The van der Waals surface area contributed by atoms with Crippen molar-refractivity contribution in [1.29, 1.82) is 0 Å². The van der Waals surface area contributed by atoms with E-state index >= 15 is 0 Å². The molecule has 5 unspecified atom stereocenters. The van der Waals surface area contributed by atoms with Gasteiger partial charge in [-0.15, -0.1) is 0 Å². The highest BCUT2D eigenvalue weighted by Gasteiger charge is 2.71. The van der Waals surface area contributed by atoms with Crippen LogP contribution in [0.3, 0.4) is 0 Å². The summed E-state index contributed by atoms with van der Waals surface area (Å²) in [6.07, 6.45) is 6.95. The molecule has 0 aromatic heterocycles. The summed E-state index contributed by atoms with van der Waals surface area (Å²) in [6.45, 7) is 0. The minimum absolute atomic E-state index is 0.553. The summed E-state index contributed by atoms with van der Waals surface area (Å²) in [7, 11) is 0. The average molecular weight is 166 g/mol. The van der Waals surface area contributed by atoms with Gasteiger partial charge in [-0.2, -0.15) is 0 Å². The molecule has 1 spiro atoms. The lowest BCUT2D eigenvalue weighted by molar-refractivity contribution is -0.00510. The zero-order valence-corrected chi connectivity index (χ0v) is 7.35. The monoisotopic (exact) mass is 166 g/mol. The second-order valence-corrected chi connectivity index (χ2v) is 5.90. The normalized spacial score (nSPS) is 71.2. The Labute approximate surface area is 72.5 Å². The van der Waals surface area contributed by atoms with E-state index in [0.29, 0.717) is 5.41 Å². The van der Waals surface area contributed by atoms with Crippen LogP contribution < -0.4 is 0 Å². The van der Waals surface area contributed by atoms with Crippen LogP contribution in [0.5, 0.6) is 0 Å². The first-order valence-electron chi connectivity index (χ1n) is 5.39. The minimum atomic E-state index is -0.696. The lowest BCUT2D eigenvalue weighted by Crippen LogP contribution is -2.42. The van der Waals surface area contributed by atoms with Crippen molar-refractivity contribution in [2.75, 3.05) is 0 Å². The van der Waals surface area contributed by atoms with Crippen molar-refractivity contribution in [2.45, 2.75) is 44.2 Å². The molecule has 0 radical (unpaired) electrons. The van der Waals surface area contributed by atoms with Gasteiger partial charge in [0.05, 0.1) is 0 Å². The molecule has 0 heterocycles. The topological polar surface area (TPSA) is 0 Å². The van der Waals surface area contributed by atoms with Crippen molar-refractivity contribution in [2.24, 2.45) is 23.2 Å². The minimum Gasteiger partial charge on any atom is -0.244 e. The molecule has 0 nitrogen and oxygen atoms in total. The van der Waals surface area contributed by atoms with Gasteiger partial charge in [0.15, 0.2) is 0 Å². The van der Waals surface area contributed by atoms with E-state index in [4.69, 9.17) is 0 Å². The van der Waals surface area contributed by atoms with Crippen molar-refractivity contribution in [3.8, 4) is 0 Å². The molecule has 4 fully saturated rings. The molecular weight excluding hydrogens is 151 g/mol. The van der Waals surface area contributed by atoms with Crippen molar-refractivity contribution in [3.05, 3.63) is 0 Å². The van der Waals surface area contributed by atoms with Crippen LogP contribution >= 0.6 is 0 Å². The van der Waals surface area contributed by atoms with Gasteiger partial charge in [-0.25, -0.2) is 4.39 Å². The molecule has 1 heteroatoms. The first kappa shape index (κ1) is 6.39. The second-order valence-electron chi connectivity index (χ2n) is 5.90. The molecule has 3 bridgehead atoms. The molecule has 0 saturated heterocycles. The first-order valence-corrected chi connectivity index (χ1v) is 5.39. The molecule has 0 aromatic carbocycles. The van der Waals surface area contributed by atoms with Gasteiger partial charge in [0, 0.05) is 0 Å². The Hall–Kier alpha value is -0.0700. The highest BCUT2D eigenvalue weighted by Crippen LogP contribution is 2.77. The largest absolute Gasteiger partial charge is 0.244 e. The van der Waals surface area contributed by atoms with Crippen LogP contribution in [0.15, 0.2) is 0 Å². The van der Waals surface area contributed by atoms with E-state index in [1.165, 1.54) is 19.3 Å². The summed E-state index contributed by atoms with van der Waals surface area (Å²) >= 11 is 0. The summed E-state index contributed by atoms with van der Waals surface area (Å²) in [5, 5.41) is 0. The maximum Gasteiger partial charge on any atom is 0.112 e. The summed E-state index contributed by atoms with van der Waals surface area (Å²) in [5.74, 6) is 2.54. The number of alkyl halides is 1. The third-order valence-corrected chi connectivity index (χ3v) is 5.39. The molecule has 0 amide bonds. The number of rotatable bonds is 0. The van der Waals surface area contributed by atoms with Crippen LogP contribution in [0, 0.1) is 23.2 Å². The summed E-state index contributed by atoms with van der Waals surface area (Å²) < 4.78 is 14.2. The third-order valence-electron chi connectivity index (χ3n) is 5.39. The third kappa shape index (κ3) is 0.473. The maximum atomic E-state index is 14.2. The number of hydrogen-bond donors (Lipinski definition) is 0. The Bertz CT molecular complexity index is 256. The van der Waals surface area contributed by atoms with Gasteiger partial charge in [-0.1, -0.05) is 0 Å². The molecule has 4 aliphatic carbocycles.